The van der Waals surface area contributed by atoms with E-state index in [2.05, 4.69) is 36.8 Å². The molecule has 0 bridgehead atoms. The molecule has 0 spiro atoms. The number of hydrogen-bond acceptors (Lipinski definition) is 6. The first-order valence-electron chi connectivity index (χ1n) is 8.23. The fourth-order valence-corrected chi connectivity index (χ4v) is 3.35. The summed E-state index contributed by atoms with van der Waals surface area (Å²) >= 11 is 3.38. The molecule has 0 saturated heterocycles. The molecule has 0 saturated carbocycles. The Hall–Kier alpha value is -3.13. The van der Waals surface area contributed by atoms with Gasteiger partial charge in [0.15, 0.2) is 0 Å². The van der Waals surface area contributed by atoms with E-state index in [1.807, 2.05) is 25.1 Å². The van der Waals surface area contributed by atoms with Crippen LogP contribution in [0.4, 0.5) is 17.1 Å². The second-order valence-electron chi connectivity index (χ2n) is 6.26. The molecule has 0 unspecified atom stereocenters. The molecule has 0 aliphatic carbocycles. The maximum Gasteiger partial charge on any atom is 0.253 e. The fraction of sp³-hybridized carbons (Fsp3) is 0.105. The molecule has 1 atom stereocenters. The molecule has 3 aromatic carbocycles. The van der Waals surface area contributed by atoms with Gasteiger partial charge in [-0.2, -0.15) is 5.10 Å². The largest absolute Gasteiger partial charge is 0.508 e. The molecule has 0 radical (unpaired) electrons. The predicted octanol–water partition coefficient (Wildman–Crippen LogP) is 3.54. The summed E-state index contributed by atoms with van der Waals surface area (Å²) in [5.41, 5.74) is 1.60. The molecule has 136 valence electrons. The smallest absolute Gasteiger partial charge is 0.253 e. The van der Waals surface area contributed by atoms with Gasteiger partial charge in [0.2, 0.25) is 0 Å². The number of phenolic OH excluding ortho intramolecular Hbond substituents is 1. The molecule has 0 aliphatic rings. The highest BCUT2D eigenvalue weighted by atomic mass is 79.9. The van der Waals surface area contributed by atoms with Crippen LogP contribution >= 0.6 is 15.9 Å². The third-order valence-electron chi connectivity index (χ3n) is 4.42. The number of fused-ring (bicyclic) bond motifs is 1. The van der Waals surface area contributed by atoms with E-state index in [-0.39, 0.29) is 23.2 Å². The second kappa shape index (κ2) is 6.55. The Bertz CT molecular complexity index is 1220. The molecule has 1 heterocycles. The number of aromatic amines is 1. The van der Waals surface area contributed by atoms with Gasteiger partial charge in [-0.15, -0.1) is 0 Å². The van der Waals surface area contributed by atoms with E-state index < -0.39 is 10.9 Å². The third-order valence-corrected chi connectivity index (χ3v) is 5.02. The Kier molecular flexibility index (Phi) is 4.19. The quantitative estimate of drug-likeness (QED) is 0.363. The zero-order valence-electron chi connectivity index (χ0n) is 14.2. The first kappa shape index (κ1) is 17.3. The first-order chi connectivity index (χ1) is 12.9. The summed E-state index contributed by atoms with van der Waals surface area (Å²) < 4.78 is 0.738. The Labute approximate surface area is 161 Å². The van der Waals surface area contributed by atoms with E-state index in [0.29, 0.717) is 5.69 Å². The lowest BCUT2D eigenvalue weighted by Gasteiger charge is -2.20. The monoisotopic (exact) mass is 426 g/mol. The molecule has 27 heavy (non-hydrogen) atoms. The minimum absolute atomic E-state index is 0.142. The molecular weight excluding hydrogens is 412 g/mol. The second-order valence-corrected chi connectivity index (χ2v) is 7.06. The van der Waals surface area contributed by atoms with E-state index in [1.54, 1.807) is 24.3 Å². The van der Waals surface area contributed by atoms with Crippen molar-refractivity contribution in [3.63, 3.8) is 0 Å². The number of benzene rings is 2. The number of nitrogens with one attached hydrogen (secondary N) is 3. The molecule has 0 amide bonds. The Morgan fingerprint density at radius 1 is 1.11 bits per heavy atom. The predicted molar refractivity (Wildman–Crippen MR) is 109 cm³/mol. The van der Waals surface area contributed by atoms with Gasteiger partial charge in [-0.05, 0) is 58.7 Å². The maximum atomic E-state index is 12.1. The zero-order chi connectivity index (χ0) is 19.1. The van der Waals surface area contributed by atoms with Crippen LogP contribution in [0.2, 0.25) is 0 Å². The van der Waals surface area contributed by atoms with Crippen LogP contribution in [0.1, 0.15) is 18.5 Å². The molecule has 4 N–H and O–H groups in total. The van der Waals surface area contributed by atoms with Crippen molar-refractivity contribution in [1.29, 1.82) is 0 Å². The molecule has 0 aliphatic heterocycles. The van der Waals surface area contributed by atoms with Gasteiger partial charge in [-0.3, -0.25) is 14.7 Å². The van der Waals surface area contributed by atoms with Gasteiger partial charge >= 0.3 is 0 Å². The van der Waals surface area contributed by atoms with Crippen LogP contribution in [-0.2, 0) is 0 Å². The maximum absolute atomic E-state index is 12.1. The number of aromatic hydroxyl groups is 1. The van der Waals surface area contributed by atoms with Crippen molar-refractivity contribution in [3.05, 3.63) is 73.1 Å². The van der Waals surface area contributed by atoms with Gasteiger partial charge in [0.25, 0.3) is 10.9 Å². The minimum atomic E-state index is -0.563. The molecular formula is C19H15BrN4O3. The average Bonchev–Trinajstić information content (AvgIpc) is 3.04. The Morgan fingerprint density at radius 3 is 2.67 bits per heavy atom. The van der Waals surface area contributed by atoms with Crippen molar-refractivity contribution in [2.45, 2.75) is 13.0 Å². The average molecular weight is 427 g/mol. The van der Waals surface area contributed by atoms with E-state index in [4.69, 9.17) is 0 Å². The number of H-pyrrole nitrogens is 1. The number of nitrogens with zero attached hydrogens (tertiary/aromatic N) is 1. The summed E-state index contributed by atoms with van der Waals surface area (Å²) in [5, 5.41) is 23.5. The molecule has 4 rings (SSSR count). The van der Waals surface area contributed by atoms with Crippen LogP contribution in [0, 0.1) is 0 Å². The Balaban J connectivity index is 1.61. The zero-order valence-corrected chi connectivity index (χ0v) is 15.8. The molecule has 0 fully saturated rings. The van der Waals surface area contributed by atoms with Crippen molar-refractivity contribution >= 4 is 43.9 Å². The number of rotatable bonds is 5. The van der Waals surface area contributed by atoms with Crippen molar-refractivity contribution in [2.75, 3.05) is 10.6 Å². The van der Waals surface area contributed by atoms with Gasteiger partial charge in [-0.25, -0.2) is 0 Å². The van der Waals surface area contributed by atoms with Crippen molar-refractivity contribution in [3.8, 4) is 5.75 Å². The SMILES string of the molecule is C[C@@H](Nc1c(Nc2ccc3n[nH]c(Br)c3c2)c(=O)c1=O)c1cccc(O)c1. The number of aromatic nitrogens is 2. The minimum Gasteiger partial charge on any atom is -0.508 e. The highest BCUT2D eigenvalue weighted by molar-refractivity contribution is 9.10. The normalized spacial score (nSPS) is 12.4. The highest BCUT2D eigenvalue weighted by Crippen LogP contribution is 2.29. The summed E-state index contributed by atoms with van der Waals surface area (Å²) in [7, 11) is 0. The summed E-state index contributed by atoms with van der Waals surface area (Å²) in [4.78, 5) is 24.1. The van der Waals surface area contributed by atoms with E-state index in [0.717, 1.165) is 21.1 Å². The molecule has 4 aromatic rings. The lowest BCUT2D eigenvalue weighted by atomic mass is 10.1. The summed E-state index contributed by atoms with van der Waals surface area (Å²) in [6.07, 6.45) is 0. The summed E-state index contributed by atoms with van der Waals surface area (Å²) in [6, 6.07) is 11.9. The van der Waals surface area contributed by atoms with Crippen LogP contribution < -0.4 is 21.5 Å². The van der Waals surface area contributed by atoms with Gasteiger partial charge < -0.3 is 15.7 Å². The van der Waals surface area contributed by atoms with Crippen molar-refractivity contribution in [1.82, 2.24) is 10.2 Å². The lowest BCUT2D eigenvalue weighted by molar-refractivity contribution is 0.474. The summed E-state index contributed by atoms with van der Waals surface area (Å²) in [6.45, 7) is 1.85. The third kappa shape index (κ3) is 3.08. The topological polar surface area (TPSA) is 107 Å². The number of anilines is 3. The number of phenols is 1. The lowest BCUT2D eigenvalue weighted by Crippen LogP contribution is -2.37. The van der Waals surface area contributed by atoms with Crippen LogP contribution in [0.25, 0.3) is 10.9 Å². The van der Waals surface area contributed by atoms with Crippen LogP contribution in [-0.4, -0.2) is 15.3 Å². The summed E-state index contributed by atoms with van der Waals surface area (Å²) in [5.74, 6) is 0.142. The fourth-order valence-electron chi connectivity index (χ4n) is 2.94. The van der Waals surface area contributed by atoms with E-state index >= 15 is 0 Å². The Morgan fingerprint density at radius 2 is 1.89 bits per heavy atom. The molecule has 7 nitrogen and oxygen atoms in total. The number of hydrogen-bond donors (Lipinski definition) is 4. The van der Waals surface area contributed by atoms with Gasteiger partial charge in [0, 0.05) is 17.1 Å². The van der Waals surface area contributed by atoms with Gasteiger partial charge in [0.05, 0.1) is 5.52 Å². The van der Waals surface area contributed by atoms with Crippen LogP contribution in [0.15, 0.2) is 56.7 Å². The highest BCUT2D eigenvalue weighted by Gasteiger charge is 2.23. The molecule has 8 heteroatoms. The van der Waals surface area contributed by atoms with E-state index in [9.17, 15) is 14.7 Å². The van der Waals surface area contributed by atoms with Gasteiger partial charge in [0.1, 0.15) is 21.7 Å². The first-order valence-corrected chi connectivity index (χ1v) is 9.03. The molecule has 1 aromatic heterocycles. The van der Waals surface area contributed by atoms with Crippen LogP contribution in [0.5, 0.6) is 5.75 Å². The van der Waals surface area contributed by atoms with Crippen molar-refractivity contribution < 1.29 is 5.11 Å². The standard InChI is InChI=1S/C19H15BrN4O3/c1-9(10-3-2-4-12(25)7-10)21-15-16(18(27)17(15)26)22-11-5-6-14-13(8-11)19(20)24-23-14/h2-9,21-22,25H,1H3,(H,23,24)/t9-/m1/s1. The van der Waals surface area contributed by atoms with Gasteiger partial charge in [-0.1, -0.05) is 12.1 Å². The number of halogens is 1. The van der Waals surface area contributed by atoms with Crippen molar-refractivity contribution in [2.24, 2.45) is 0 Å². The van der Waals surface area contributed by atoms with Crippen LogP contribution in [0.3, 0.4) is 0 Å². The van der Waals surface area contributed by atoms with E-state index in [1.165, 1.54) is 0 Å².